The maximum atomic E-state index is 13.4. The van der Waals surface area contributed by atoms with Gasteiger partial charge in [0.15, 0.2) is 0 Å². The Morgan fingerprint density at radius 1 is 1.17 bits per heavy atom. The fourth-order valence-corrected chi connectivity index (χ4v) is 3.84. The van der Waals surface area contributed by atoms with Crippen LogP contribution in [0.3, 0.4) is 0 Å². The van der Waals surface area contributed by atoms with E-state index in [2.05, 4.69) is 10.6 Å². The fraction of sp³-hybridized carbons (Fsp3) is 0.333. The molecule has 2 N–H and O–H groups in total. The Balaban J connectivity index is 1.54. The summed E-state index contributed by atoms with van der Waals surface area (Å²) >= 11 is 0. The lowest BCUT2D eigenvalue weighted by Crippen LogP contribution is -2.39. The molecule has 1 fully saturated rings. The lowest BCUT2D eigenvalue weighted by atomic mass is 9.94. The van der Waals surface area contributed by atoms with Gasteiger partial charge in [-0.3, -0.25) is 4.90 Å². The summed E-state index contributed by atoms with van der Waals surface area (Å²) in [5.74, 6) is 0. The smallest absolute Gasteiger partial charge is 0.336 e. The van der Waals surface area contributed by atoms with Gasteiger partial charge in [0.2, 0.25) is 0 Å². The van der Waals surface area contributed by atoms with Gasteiger partial charge in [-0.2, -0.15) is 13.2 Å². The lowest BCUT2D eigenvalue weighted by Gasteiger charge is -2.31. The minimum atomic E-state index is -4.47. The first-order valence-electron chi connectivity index (χ1n) is 9.64. The fourth-order valence-electron chi connectivity index (χ4n) is 3.84. The number of halogens is 3. The number of fused-ring (bicyclic) bond motifs is 1. The van der Waals surface area contributed by atoms with Crippen LogP contribution < -0.4 is 15.5 Å². The number of carbonyl (C=O) groups excluding carboxylic acids is 2. The molecule has 158 valence electrons. The molecule has 2 heterocycles. The van der Waals surface area contributed by atoms with Crippen LogP contribution in [0.5, 0.6) is 0 Å². The van der Waals surface area contributed by atoms with E-state index in [4.69, 9.17) is 0 Å². The second-order valence-electron chi connectivity index (χ2n) is 7.43. The van der Waals surface area contributed by atoms with Crippen molar-refractivity contribution in [3.8, 4) is 0 Å². The van der Waals surface area contributed by atoms with E-state index in [1.165, 1.54) is 11.0 Å². The highest BCUT2D eigenvalue weighted by molar-refractivity contribution is 5.96. The molecule has 9 heteroatoms. The molecule has 0 spiro atoms. The summed E-state index contributed by atoms with van der Waals surface area (Å²) in [4.78, 5) is 27.7. The first kappa shape index (κ1) is 20.1. The van der Waals surface area contributed by atoms with E-state index >= 15 is 0 Å². The number of hydrogen-bond donors (Lipinski definition) is 2. The highest BCUT2D eigenvalue weighted by atomic mass is 19.4. The number of hydrogen-bond acceptors (Lipinski definition) is 2. The normalized spacial score (nSPS) is 16.3. The minimum absolute atomic E-state index is 0.107. The molecule has 0 aliphatic carbocycles. The Bertz CT molecular complexity index is 1010. The summed E-state index contributed by atoms with van der Waals surface area (Å²) < 4.78 is 40.1. The number of rotatable bonds is 2. The second-order valence-corrected chi connectivity index (χ2v) is 7.43. The number of alkyl halides is 3. The van der Waals surface area contributed by atoms with Gasteiger partial charge in [-0.05, 0) is 48.2 Å². The van der Waals surface area contributed by atoms with Crippen LogP contribution in [0.4, 0.5) is 34.1 Å². The monoisotopic (exact) mass is 418 g/mol. The van der Waals surface area contributed by atoms with Gasteiger partial charge in [0, 0.05) is 37.6 Å². The van der Waals surface area contributed by atoms with Gasteiger partial charge < -0.3 is 15.5 Å². The predicted octanol–water partition coefficient (Wildman–Crippen LogP) is 4.13. The standard InChI is InChI=1S/C21H21F3N4O2/c1-13-5-6-15(28-10-8-25-19(28)29)11-18(13)26-20(30)27-9-7-14-3-2-4-17(16(14)12-27)21(22,23)24/h2-6,11H,7-10,12H2,1H3,(H,25,29)(H,26,30). The van der Waals surface area contributed by atoms with Gasteiger partial charge in [-0.1, -0.05) is 18.2 Å². The van der Waals surface area contributed by atoms with Crippen molar-refractivity contribution in [2.45, 2.75) is 26.1 Å². The van der Waals surface area contributed by atoms with E-state index in [0.717, 1.165) is 11.6 Å². The Hall–Kier alpha value is -3.23. The van der Waals surface area contributed by atoms with Crippen LogP contribution in [0.15, 0.2) is 36.4 Å². The Labute approximate surface area is 171 Å². The number of nitrogens with zero attached hydrogens (tertiary/aromatic N) is 2. The maximum Gasteiger partial charge on any atom is 0.416 e. The molecule has 0 saturated carbocycles. The van der Waals surface area contributed by atoms with E-state index < -0.39 is 17.8 Å². The zero-order valence-corrected chi connectivity index (χ0v) is 16.3. The van der Waals surface area contributed by atoms with E-state index in [0.29, 0.717) is 43.0 Å². The van der Waals surface area contributed by atoms with Gasteiger partial charge >= 0.3 is 18.2 Å². The molecule has 30 heavy (non-hydrogen) atoms. The lowest BCUT2D eigenvalue weighted by molar-refractivity contribution is -0.138. The number of anilines is 2. The molecular formula is C21H21F3N4O2. The van der Waals surface area contributed by atoms with Gasteiger partial charge in [0.1, 0.15) is 0 Å². The summed E-state index contributed by atoms with van der Waals surface area (Å²) in [5.41, 5.74) is 2.02. The molecule has 0 unspecified atom stereocenters. The van der Waals surface area contributed by atoms with Crippen molar-refractivity contribution in [3.63, 3.8) is 0 Å². The molecule has 6 nitrogen and oxygen atoms in total. The maximum absolute atomic E-state index is 13.4. The number of urea groups is 2. The van der Waals surface area contributed by atoms with Gasteiger partial charge in [0.05, 0.1) is 5.56 Å². The molecule has 0 aromatic heterocycles. The van der Waals surface area contributed by atoms with E-state index in [1.807, 2.05) is 6.92 Å². The number of benzene rings is 2. The Morgan fingerprint density at radius 3 is 2.67 bits per heavy atom. The van der Waals surface area contributed by atoms with E-state index in [9.17, 15) is 22.8 Å². The first-order chi connectivity index (χ1) is 14.2. The predicted molar refractivity (Wildman–Crippen MR) is 107 cm³/mol. The average molecular weight is 418 g/mol. The third kappa shape index (κ3) is 3.79. The zero-order valence-electron chi connectivity index (χ0n) is 16.3. The van der Waals surface area contributed by atoms with Crippen molar-refractivity contribution in [3.05, 3.63) is 58.7 Å². The van der Waals surface area contributed by atoms with Gasteiger partial charge in [0.25, 0.3) is 0 Å². The van der Waals surface area contributed by atoms with E-state index in [1.54, 1.807) is 29.2 Å². The Kier molecular flexibility index (Phi) is 5.05. The first-order valence-corrected chi connectivity index (χ1v) is 9.64. The summed E-state index contributed by atoms with van der Waals surface area (Å²) in [6, 6.07) is 8.75. The molecule has 0 radical (unpaired) electrons. The molecule has 1 saturated heterocycles. The third-order valence-electron chi connectivity index (χ3n) is 5.50. The molecule has 2 aromatic carbocycles. The van der Waals surface area contributed by atoms with Gasteiger partial charge in [-0.15, -0.1) is 0 Å². The van der Waals surface area contributed by atoms with Crippen molar-refractivity contribution in [2.24, 2.45) is 0 Å². The van der Waals surface area contributed by atoms with Crippen LogP contribution >= 0.6 is 0 Å². The van der Waals surface area contributed by atoms with Crippen LogP contribution in [-0.4, -0.2) is 36.6 Å². The average Bonchev–Trinajstić information content (AvgIpc) is 3.14. The highest BCUT2D eigenvalue weighted by Gasteiger charge is 2.36. The van der Waals surface area contributed by atoms with Crippen molar-refractivity contribution in [1.82, 2.24) is 10.2 Å². The Morgan fingerprint density at radius 2 is 1.97 bits per heavy atom. The van der Waals surface area contributed by atoms with Crippen LogP contribution in [0.1, 0.15) is 22.3 Å². The number of carbonyl (C=O) groups is 2. The highest BCUT2D eigenvalue weighted by Crippen LogP contribution is 2.36. The molecule has 4 rings (SSSR count). The largest absolute Gasteiger partial charge is 0.416 e. The van der Waals surface area contributed by atoms with Crippen LogP contribution in [0.25, 0.3) is 0 Å². The van der Waals surface area contributed by atoms with Crippen LogP contribution in [0, 0.1) is 6.92 Å². The number of nitrogens with one attached hydrogen (secondary N) is 2. The number of amides is 4. The third-order valence-corrected chi connectivity index (χ3v) is 5.50. The molecule has 2 aromatic rings. The summed E-state index contributed by atoms with van der Waals surface area (Å²) in [6.07, 6.45) is -4.11. The van der Waals surface area contributed by atoms with Crippen molar-refractivity contribution >= 4 is 23.4 Å². The quantitative estimate of drug-likeness (QED) is 0.770. The molecule has 0 bridgehead atoms. The van der Waals surface area contributed by atoms with Crippen molar-refractivity contribution < 1.29 is 22.8 Å². The van der Waals surface area contributed by atoms with E-state index in [-0.39, 0.29) is 18.1 Å². The summed E-state index contributed by atoms with van der Waals surface area (Å²) in [5, 5.41) is 5.52. The number of aryl methyl sites for hydroxylation is 1. The topological polar surface area (TPSA) is 64.7 Å². The second kappa shape index (κ2) is 7.55. The van der Waals surface area contributed by atoms with Crippen LogP contribution in [0.2, 0.25) is 0 Å². The van der Waals surface area contributed by atoms with Crippen molar-refractivity contribution in [1.29, 1.82) is 0 Å². The van der Waals surface area contributed by atoms with Crippen LogP contribution in [-0.2, 0) is 19.1 Å². The molecular weight excluding hydrogens is 397 g/mol. The zero-order chi connectivity index (χ0) is 21.5. The van der Waals surface area contributed by atoms with Gasteiger partial charge in [-0.25, -0.2) is 9.59 Å². The molecule has 2 aliphatic rings. The van der Waals surface area contributed by atoms with Crippen molar-refractivity contribution in [2.75, 3.05) is 29.9 Å². The summed E-state index contributed by atoms with van der Waals surface area (Å²) in [7, 11) is 0. The molecule has 2 aliphatic heterocycles. The molecule has 0 atom stereocenters. The molecule has 4 amide bonds. The minimum Gasteiger partial charge on any atom is -0.336 e. The SMILES string of the molecule is Cc1ccc(N2CCNC2=O)cc1NC(=O)N1CCc2cccc(C(F)(F)F)c2C1. The summed E-state index contributed by atoms with van der Waals surface area (Å²) in [6.45, 7) is 3.11.